The minimum Gasteiger partial charge on any atom is -0.254 e. The van der Waals surface area contributed by atoms with E-state index in [-0.39, 0.29) is 0 Å². The summed E-state index contributed by atoms with van der Waals surface area (Å²) in [5.74, 6) is 0. The van der Waals surface area contributed by atoms with Crippen molar-refractivity contribution in [2.24, 2.45) is 0 Å². The van der Waals surface area contributed by atoms with E-state index in [9.17, 15) is 0 Å². The molecule has 0 saturated carbocycles. The van der Waals surface area contributed by atoms with Crippen molar-refractivity contribution in [2.45, 2.75) is 0 Å². The Morgan fingerprint density at radius 2 is 0.714 bits per heavy atom. The summed E-state index contributed by atoms with van der Waals surface area (Å²) in [7, 11) is 0. The monoisotopic (exact) mass is 710 g/mol. The van der Waals surface area contributed by atoms with Crippen molar-refractivity contribution < 1.29 is 0 Å². The molecule has 0 aliphatic rings. The van der Waals surface area contributed by atoms with E-state index >= 15 is 0 Å². The highest BCUT2D eigenvalue weighted by Crippen LogP contribution is 2.54. The van der Waals surface area contributed by atoms with Gasteiger partial charge in [-0.25, -0.2) is 4.98 Å². The van der Waals surface area contributed by atoms with Gasteiger partial charge in [0.2, 0.25) is 0 Å². The lowest BCUT2D eigenvalue weighted by Crippen LogP contribution is -1.98. The quantitative estimate of drug-likeness (QED) is 0.131. The van der Waals surface area contributed by atoms with E-state index in [1.165, 1.54) is 76.8 Å². The van der Waals surface area contributed by atoms with Crippen molar-refractivity contribution in [3.8, 4) is 55.8 Å². The van der Waals surface area contributed by atoms with Crippen LogP contribution in [0.5, 0.6) is 0 Å². The lowest BCUT2D eigenvalue weighted by molar-refractivity contribution is 1.37. The van der Waals surface area contributed by atoms with Crippen LogP contribution in [-0.2, 0) is 0 Å². The van der Waals surface area contributed by atoms with Gasteiger partial charge in [-0.1, -0.05) is 182 Å². The summed E-state index contributed by atoms with van der Waals surface area (Å²) in [5.41, 5.74) is 13.5. The molecule has 0 unspecified atom stereocenters. The number of rotatable bonds is 5. The molecule has 0 N–H and O–H groups in total. The topological polar surface area (TPSA) is 25.8 Å². The first-order chi connectivity index (χ1) is 27.8. The number of fused-ring (bicyclic) bond motifs is 6. The van der Waals surface area contributed by atoms with Crippen molar-refractivity contribution >= 4 is 54.1 Å². The molecule has 11 aromatic rings. The Morgan fingerprint density at radius 3 is 1.23 bits per heavy atom. The molecule has 0 atom stereocenters. The smallest absolute Gasteiger partial charge is 0.0972 e. The summed E-state index contributed by atoms with van der Waals surface area (Å²) in [5, 5.41) is 9.51. The van der Waals surface area contributed by atoms with Crippen molar-refractivity contribution in [3.05, 3.63) is 206 Å². The molecular formula is C54H34N2. The van der Waals surface area contributed by atoms with Crippen molar-refractivity contribution in [1.29, 1.82) is 0 Å². The molecular weight excluding hydrogens is 677 g/mol. The van der Waals surface area contributed by atoms with E-state index in [1.807, 2.05) is 12.3 Å². The highest BCUT2D eigenvalue weighted by atomic mass is 14.7. The van der Waals surface area contributed by atoms with Crippen molar-refractivity contribution in [3.63, 3.8) is 0 Å². The molecule has 0 amide bonds. The highest BCUT2D eigenvalue weighted by Gasteiger charge is 2.26. The van der Waals surface area contributed by atoms with E-state index in [0.29, 0.717) is 0 Å². The Bertz CT molecular complexity index is 3270. The molecule has 56 heavy (non-hydrogen) atoms. The first-order valence-corrected chi connectivity index (χ1v) is 19.2. The fraction of sp³-hybridized carbons (Fsp3) is 0. The second kappa shape index (κ2) is 13.2. The normalized spacial score (nSPS) is 11.6. The summed E-state index contributed by atoms with van der Waals surface area (Å²) < 4.78 is 0. The molecule has 11 rings (SSSR count). The molecule has 0 aliphatic carbocycles. The molecule has 260 valence electrons. The van der Waals surface area contributed by atoms with E-state index in [0.717, 1.165) is 33.1 Å². The zero-order valence-electron chi connectivity index (χ0n) is 30.5. The van der Waals surface area contributed by atoms with Gasteiger partial charge in [-0.05, 0) is 95.0 Å². The second-order valence-electron chi connectivity index (χ2n) is 14.4. The molecule has 9 aromatic carbocycles. The summed E-state index contributed by atoms with van der Waals surface area (Å²) in [4.78, 5) is 10.1. The number of nitrogens with zero attached hydrogens (tertiary/aromatic N) is 2. The van der Waals surface area contributed by atoms with Gasteiger partial charge >= 0.3 is 0 Å². The van der Waals surface area contributed by atoms with Crippen LogP contribution in [0.15, 0.2) is 206 Å². The summed E-state index contributed by atoms with van der Waals surface area (Å²) in [6.45, 7) is 0. The summed E-state index contributed by atoms with van der Waals surface area (Å²) in [6, 6.07) is 72.4. The van der Waals surface area contributed by atoms with Crippen LogP contribution in [0.3, 0.4) is 0 Å². The van der Waals surface area contributed by atoms with Crippen LogP contribution < -0.4 is 0 Å². The SMILES string of the molecule is c1ccc(-c2c3ccccc3c(-c3ccccc3)c3c(-c4ccccc4)c4cc(-c5ccc6ccc7cccnc7c6n5)ccc4c(-c4ccccc4)c23)cc1. The van der Waals surface area contributed by atoms with Gasteiger partial charge in [-0.2, -0.15) is 0 Å². The molecule has 0 radical (unpaired) electrons. The molecule has 0 bridgehead atoms. The average Bonchev–Trinajstić information content (AvgIpc) is 3.28. The average molecular weight is 711 g/mol. The largest absolute Gasteiger partial charge is 0.254 e. The van der Waals surface area contributed by atoms with Gasteiger partial charge in [0, 0.05) is 22.5 Å². The van der Waals surface area contributed by atoms with Gasteiger partial charge < -0.3 is 0 Å². The fourth-order valence-electron chi connectivity index (χ4n) is 8.84. The minimum absolute atomic E-state index is 0.915. The molecule has 2 heteroatoms. The first kappa shape index (κ1) is 32.0. The third kappa shape index (κ3) is 5.11. The Labute approximate surface area is 325 Å². The van der Waals surface area contributed by atoms with Gasteiger partial charge in [0.05, 0.1) is 16.7 Å². The van der Waals surface area contributed by atoms with Gasteiger partial charge in [-0.15, -0.1) is 0 Å². The lowest BCUT2D eigenvalue weighted by atomic mass is 9.77. The predicted octanol–water partition coefficient (Wildman–Crippen LogP) is 14.6. The van der Waals surface area contributed by atoms with Gasteiger partial charge in [0.15, 0.2) is 0 Å². The van der Waals surface area contributed by atoms with Crippen LogP contribution in [-0.4, -0.2) is 9.97 Å². The maximum absolute atomic E-state index is 5.32. The zero-order valence-corrected chi connectivity index (χ0v) is 30.5. The molecule has 2 aromatic heterocycles. The number of hydrogen-bond donors (Lipinski definition) is 0. The zero-order chi connectivity index (χ0) is 37.0. The van der Waals surface area contributed by atoms with Crippen LogP contribution >= 0.6 is 0 Å². The van der Waals surface area contributed by atoms with Crippen LogP contribution in [0.4, 0.5) is 0 Å². The van der Waals surface area contributed by atoms with E-state index in [1.54, 1.807) is 0 Å². The Kier molecular flexibility index (Phi) is 7.53. The summed E-state index contributed by atoms with van der Waals surface area (Å²) >= 11 is 0. The first-order valence-electron chi connectivity index (χ1n) is 19.2. The molecule has 0 aliphatic heterocycles. The van der Waals surface area contributed by atoms with Gasteiger partial charge in [0.1, 0.15) is 0 Å². The fourth-order valence-corrected chi connectivity index (χ4v) is 8.84. The Morgan fingerprint density at radius 1 is 0.286 bits per heavy atom. The van der Waals surface area contributed by atoms with Crippen LogP contribution in [0.1, 0.15) is 0 Å². The molecule has 2 nitrogen and oxygen atoms in total. The highest BCUT2D eigenvalue weighted by molar-refractivity contribution is 6.34. The number of hydrogen-bond acceptors (Lipinski definition) is 2. The molecule has 0 spiro atoms. The van der Waals surface area contributed by atoms with Crippen LogP contribution in [0.25, 0.3) is 110 Å². The Balaban J connectivity index is 1.38. The van der Waals surface area contributed by atoms with E-state index in [2.05, 4.69) is 194 Å². The molecule has 0 saturated heterocycles. The number of pyridine rings is 2. The number of aromatic nitrogens is 2. The van der Waals surface area contributed by atoms with Crippen molar-refractivity contribution in [2.75, 3.05) is 0 Å². The maximum Gasteiger partial charge on any atom is 0.0972 e. The standard InChI is InChI=1S/C54H34N2/c1-5-16-35(17-6-1)47-42-25-13-14-26-43(42)48(36-18-7-2-8-19-36)52-50(38-22-11-4-12-23-38)45-34-41(29-31-44(45)49(51(47)52)37-20-9-3-10-21-37)46-32-30-40-28-27-39-24-15-33-55-53(39)54(40)56-46/h1-34H. The third-order valence-electron chi connectivity index (χ3n) is 11.3. The number of benzene rings is 9. The van der Waals surface area contributed by atoms with E-state index < -0.39 is 0 Å². The lowest BCUT2D eigenvalue weighted by Gasteiger charge is -2.25. The molecule has 2 heterocycles. The van der Waals surface area contributed by atoms with Crippen LogP contribution in [0, 0.1) is 0 Å². The second-order valence-corrected chi connectivity index (χ2v) is 14.4. The van der Waals surface area contributed by atoms with Crippen molar-refractivity contribution in [1.82, 2.24) is 9.97 Å². The summed E-state index contributed by atoms with van der Waals surface area (Å²) in [6.07, 6.45) is 1.85. The van der Waals surface area contributed by atoms with Gasteiger partial charge in [-0.3, -0.25) is 4.98 Å². The van der Waals surface area contributed by atoms with Crippen LogP contribution in [0.2, 0.25) is 0 Å². The van der Waals surface area contributed by atoms with E-state index in [4.69, 9.17) is 9.97 Å². The third-order valence-corrected chi connectivity index (χ3v) is 11.3. The van der Waals surface area contributed by atoms with Gasteiger partial charge in [0.25, 0.3) is 0 Å². The predicted molar refractivity (Wildman–Crippen MR) is 237 cm³/mol. The minimum atomic E-state index is 0.915. The Hall–Kier alpha value is -7.42. The maximum atomic E-state index is 5.32. The molecule has 0 fully saturated rings.